The fourth-order valence-corrected chi connectivity index (χ4v) is 3.55. The first-order valence-corrected chi connectivity index (χ1v) is 9.89. The number of carbonyl (C=O) groups excluding carboxylic acids is 3. The third-order valence-corrected chi connectivity index (χ3v) is 5.23. The molecule has 164 valence electrons. The number of hydrogen-bond donors (Lipinski definition) is 1. The van der Waals surface area contributed by atoms with Gasteiger partial charge in [0, 0.05) is 24.7 Å². The van der Waals surface area contributed by atoms with Crippen LogP contribution in [0.15, 0.2) is 36.4 Å². The fraction of sp³-hybridized carbons (Fsp3) is 0.348. The van der Waals surface area contributed by atoms with Crippen molar-refractivity contribution in [3.63, 3.8) is 0 Å². The Bertz CT molecular complexity index is 983. The van der Waals surface area contributed by atoms with Crippen LogP contribution in [0.1, 0.15) is 17.5 Å². The Kier molecular flexibility index (Phi) is 6.79. The molecule has 2 amide bonds. The average molecular weight is 426 g/mol. The zero-order valence-corrected chi connectivity index (χ0v) is 18.1. The highest BCUT2D eigenvalue weighted by Crippen LogP contribution is 2.36. The Labute approximate surface area is 181 Å². The van der Waals surface area contributed by atoms with Crippen LogP contribution >= 0.6 is 0 Å². The van der Waals surface area contributed by atoms with Crippen LogP contribution in [0.5, 0.6) is 11.5 Å². The molecule has 1 fully saturated rings. The van der Waals surface area contributed by atoms with Gasteiger partial charge in [-0.15, -0.1) is 0 Å². The summed E-state index contributed by atoms with van der Waals surface area (Å²) in [4.78, 5) is 38.7. The minimum absolute atomic E-state index is 0.00649. The molecule has 1 atom stereocenters. The van der Waals surface area contributed by atoms with Crippen molar-refractivity contribution in [3.05, 3.63) is 47.5 Å². The number of esters is 1. The quantitative estimate of drug-likeness (QED) is 0.685. The average Bonchev–Trinajstić information content (AvgIpc) is 3.15. The van der Waals surface area contributed by atoms with Gasteiger partial charge in [-0.25, -0.2) is 0 Å². The molecule has 3 rings (SSSR count). The number of para-hydroxylation sites is 1. The Morgan fingerprint density at radius 2 is 1.81 bits per heavy atom. The van der Waals surface area contributed by atoms with E-state index in [-0.39, 0.29) is 18.9 Å². The summed E-state index contributed by atoms with van der Waals surface area (Å²) >= 11 is 0. The second kappa shape index (κ2) is 9.51. The van der Waals surface area contributed by atoms with Gasteiger partial charge in [-0.1, -0.05) is 18.2 Å². The molecule has 1 aliphatic heterocycles. The molecule has 0 spiro atoms. The summed E-state index contributed by atoms with van der Waals surface area (Å²) in [6.45, 7) is 3.52. The molecule has 8 heteroatoms. The third-order valence-electron chi connectivity index (χ3n) is 5.23. The maximum Gasteiger partial charge on any atom is 0.311 e. The van der Waals surface area contributed by atoms with E-state index in [1.54, 1.807) is 18.2 Å². The third kappa shape index (κ3) is 4.96. The molecule has 0 saturated carbocycles. The van der Waals surface area contributed by atoms with Crippen molar-refractivity contribution >= 4 is 29.2 Å². The molecule has 8 nitrogen and oxygen atoms in total. The Hall–Kier alpha value is -3.55. The van der Waals surface area contributed by atoms with Gasteiger partial charge in [-0.3, -0.25) is 14.4 Å². The van der Waals surface area contributed by atoms with E-state index in [1.807, 2.05) is 32.0 Å². The first-order chi connectivity index (χ1) is 14.8. The number of aryl methyl sites for hydroxylation is 2. The lowest BCUT2D eigenvalue weighted by molar-refractivity contribution is -0.151. The van der Waals surface area contributed by atoms with E-state index in [4.69, 9.17) is 14.2 Å². The maximum absolute atomic E-state index is 12.5. The number of amides is 2. The molecule has 1 heterocycles. The standard InChI is InChI=1S/C23H26N2O6/c1-14-6-5-7-15(2)22(14)24-20(26)13-31-23(28)16-10-21(27)25(12-16)18-9-8-17(29-3)11-19(18)30-4/h5-9,11,16H,10,12-13H2,1-4H3,(H,24,26)/t16-/m1/s1. The molecule has 31 heavy (non-hydrogen) atoms. The Morgan fingerprint density at radius 3 is 2.45 bits per heavy atom. The number of methoxy groups -OCH3 is 2. The summed E-state index contributed by atoms with van der Waals surface area (Å²) < 4.78 is 15.7. The largest absolute Gasteiger partial charge is 0.497 e. The summed E-state index contributed by atoms with van der Waals surface area (Å²) in [7, 11) is 3.04. The summed E-state index contributed by atoms with van der Waals surface area (Å²) in [5.41, 5.74) is 3.10. The van der Waals surface area contributed by atoms with Gasteiger partial charge < -0.3 is 24.4 Å². The van der Waals surface area contributed by atoms with Gasteiger partial charge in [-0.2, -0.15) is 0 Å². The van der Waals surface area contributed by atoms with Crippen LogP contribution < -0.4 is 19.7 Å². The van der Waals surface area contributed by atoms with E-state index in [9.17, 15) is 14.4 Å². The van der Waals surface area contributed by atoms with E-state index in [1.165, 1.54) is 19.1 Å². The van der Waals surface area contributed by atoms with Crippen molar-refractivity contribution < 1.29 is 28.6 Å². The second-order valence-corrected chi connectivity index (χ2v) is 7.37. The topological polar surface area (TPSA) is 94.2 Å². The van der Waals surface area contributed by atoms with Crippen LogP contribution in [0.4, 0.5) is 11.4 Å². The minimum atomic E-state index is -0.660. The molecule has 2 aromatic rings. The van der Waals surface area contributed by atoms with Gasteiger partial charge in [0.15, 0.2) is 6.61 Å². The van der Waals surface area contributed by atoms with Crippen LogP contribution in [-0.4, -0.2) is 45.2 Å². The number of hydrogen-bond acceptors (Lipinski definition) is 6. The van der Waals surface area contributed by atoms with Crippen molar-refractivity contribution in [2.45, 2.75) is 20.3 Å². The first-order valence-electron chi connectivity index (χ1n) is 9.89. The van der Waals surface area contributed by atoms with Crippen LogP contribution in [0.25, 0.3) is 0 Å². The highest BCUT2D eigenvalue weighted by molar-refractivity contribution is 6.01. The number of benzene rings is 2. The van der Waals surface area contributed by atoms with Crippen LogP contribution in [0.2, 0.25) is 0 Å². The van der Waals surface area contributed by atoms with Crippen molar-refractivity contribution in [2.75, 3.05) is 37.6 Å². The number of rotatable bonds is 7. The molecular formula is C23H26N2O6. The normalized spacial score (nSPS) is 15.5. The van der Waals surface area contributed by atoms with Crippen molar-refractivity contribution in [1.82, 2.24) is 0 Å². The highest BCUT2D eigenvalue weighted by Gasteiger charge is 2.37. The van der Waals surface area contributed by atoms with Crippen molar-refractivity contribution in [1.29, 1.82) is 0 Å². The molecule has 1 saturated heterocycles. The van der Waals surface area contributed by atoms with E-state index in [0.717, 1.165) is 11.1 Å². The smallest absolute Gasteiger partial charge is 0.311 e. The number of nitrogens with one attached hydrogen (secondary N) is 1. The van der Waals surface area contributed by atoms with Gasteiger partial charge in [0.25, 0.3) is 5.91 Å². The first kappa shape index (κ1) is 22.1. The molecule has 0 radical (unpaired) electrons. The van der Waals surface area contributed by atoms with Gasteiger partial charge in [0.05, 0.1) is 25.8 Å². The van der Waals surface area contributed by atoms with Crippen LogP contribution in [0.3, 0.4) is 0 Å². The predicted octanol–water partition coefficient (Wildman–Crippen LogP) is 2.86. The molecule has 2 aromatic carbocycles. The van der Waals surface area contributed by atoms with E-state index in [2.05, 4.69) is 5.32 Å². The molecule has 0 bridgehead atoms. The molecule has 1 aliphatic rings. The zero-order chi connectivity index (χ0) is 22.5. The summed E-state index contributed by atoms with van der Waals surface area (Å²) in [5.74, 6) is -0.825. The lowest BCUT2D eigenvalue weighted by Gasteiger charge is -2.20. The SMILES string of the molecule is COc1ccc(N2C[C@H](C(=O)OCC(=O)Nc3c(C)cccc3C)CC2=O)c(OC)c1. The molecular weight excluding hydrogens is 400 g/mol. The molecule has 1 N–H and O–H groups in total. The lowest BCUT2D eigenvalue weighted by Crippen LogP contribution is -2.28. The summed E-state index contributed by atoms with van der Waals surface area (Å²) in [5, 5.41) is 2.77. The van der Waals surface area contributed by atoms with Crippen molar-refractivity contribution in [2.24, 2.45) is 5.92 Å². The predicted molar refractivity (Wildman–Crippen MR) is 116 cm³/mol. The second-order valence-electron chi connectivity index (χ2n) is 7.37. The van der Waals surface area contributed by atoms with Crippen LogP contribution in [-0.2, 0) is 19.1 Å². The number of carbonyl (C=O) groups is 3. The van der Waals surface area contributed by atoms with Crippen LogP contribution in [0, 0.1) is 19.8 Å². The van der Waals surface area contributed by atoms with Crippen molar-refractivity contribution in [3.8, 4) is 11.5 Å². The molecule has 0 aromatic heterocycles. The number of ether oxygens (including phenoxy) is 3. The minimum Gasteiger partial charge on any atom is -0.497 e. The summed E-state index contributed by atoms with van der Waals surface area (Å²) in [6.07, 6.45) is 0.00649. The molecule has 0 aliphatic carbocycles. The zero-order valence-electron chi connectivity index (χ0n) is 18.1. The Morgan fingerprint density at radius 1 is 1.10 bits per heavy atom. The monoisotopic (exact) mass is 426 g/mol. The van der Waals surface area contributed by atoms with Gasteiger partial charge >= 0.3 is 5.97 Å². The van der Waals surface area contributed by atoms with Gasteiger partial charge in [0.1, 0.15) is 11.5 Å². The van der Waals surface area contributed by atoms with E-state index < -0.39 is 24.4 Å². The fourth-order valence-electron chi connectivity index (χ4n) is 3.55. The Balaban J connectivity index is 1.60. The van der Waals surface area contributed by atoms with E-state index >= 15 is 0 Å². The van der Waals surface area contributed by atoms with E-state index in [0.29, 0.717) is 22.9 Å². The van der Waals surface area contributed by atoms with Gasteiger partial charge in [0.2, 0.25) is 5.91 Å². The lowest BCUT2D eigenvalue weighted by atomic mass is 10.1. The summed E-state index contributed by atoms with van der Waals surface area (Å²) in [6, 6.07) is 10.8. The number of anilines is 2. The number of nitrogens with zero attached hydrogens (tertiary/aromatic N) is 1. The maximum atomic E-state index is 12.5. The highest BCUT2D eigenvalue weighted by atomic mass is 16.5. The molecule has 0 unspecified atom stereocenters. The van der Waals surface area contributed by atoms with Gasteiger partial charge in [-0.05, 0) is 37.1 Å².